The maximum Gasteiger partial charge on any atom is 0.135 e. The van der Waals surface area contributed by atoms with Crippen molar-refractivity contribution in [1.29, 1.82) is 0 Å². The second kappa shape index (κ2) is 7.01. The van der Waals surface area contributed by atoms with Gasteiger partial charge >= 0.3 is 0 Å². The van der Waals surface area contributed by atoms with Crippen LogP contribution in [0, 0.1) is 0 Å². The maximum atomic E-state index is 4.70. The fourth-order valence-electron chi connectivity index (χ4n) is 2.47. The van der Waals surface area contributed by atoms with Gasteiger partial charge in [0.25, 0.3) is 0 Å². The lowest BCUT2D eigenvalue weighted by atomic mass is 10.1. The normalized spacial score (nSPS) is 11.9. The van der Waals surface area contributed by atoms with Gasteiger partial charge in [0, 0.05) is 25.9 Å². The lowest BCUT2D eigenvalue weighted by Crippen LogP contribution is -2.23. The van der Waals surface area contributed by atoms with Crippen molar-refractivity contribution in [3.8, 4) is 0 Å². The molecule has 4 nitrogen and oxygen atoms in total. The standard InChI is InChI=1S/C19H20N4/c1-15(17-10-6-7-12-20-17)23(2)19-11-13-21-18(22-19)14-16-8-4-3-5-9-16/h3-13,15H,14H2,1-2H3. The van der Waals surface area contributed by atoms with Crippen LogP contribution in [0.2, 0.25) is 0 Å². The summed E-state index contributed by atoms with van der Waals surface area (Å²) >= 11 is 0. The number of benzene rings is 1. The molecule has 0 aliphatic carbocycles. The summed E-state index contributed by atoms with van der Waals surface area (Å²) in [4.78, 5) is 15.7. The molecular weight excluding hydrogens is 284 g/mol. The Balaban J connectivity index is 1.79. The molecule has 0 saturated carbocycles. The first-order chi connectivity index (χ1) is 11.2. The van der Waals surface area contributed by atoms with Crippen LogP contribution < -0.4 is 4.90 Å². The van der Waals surface area contributed by atoms with Crippen LogP contribution in [0.15, 0.2) is 67.0 Å². The Morgan fingerprint density at radius 2 is 1.70 bits per heavy atom. The van der Waals surface area contributed by atoms with Crippen molar-refractivity contribution in [2.24, 2.45) is 0 Å². The van der Waals surface area contributed by atoms with Crippen LogP contribution in [-0.2, 0) is 6.42 Å². The van der Waals surface area contributed by atoms with E-state index < -0.39 is 0 Å². The Hall–Kier alpha value is -2.75. The van der Waals surface area contributed by atoms with Gasteiger partial charge in [0.1, 0.15) is 11.6 Å². The molecule has 0 saturated heterocycles. The number of pyridine rings is 1. The predicted molar refractivity (Wildman–Crippen MR) is 92.3 cm³/mol. The lowest BCUT2D eigenvalue weighted by molar-refractivity contribution is 0.700. The van der Waals surface area contributed by atoms with Crippen LogP contribution in [0.5, 0.6) is 0 Å². The van der Waals surface area contributed by atoms with Crippen molar-refractivity contribution in [3.05, 3.63) is 84.1 Å². The lowest BCUT2D eigenvalue weighted by Gasteiger charge is -2.25. The summed E-state index contributed by atoms with van der Waals surface area (Å²) in [5.74, 6) is 1.73. The molecule has 1 unspecified atom stereocenters. The minimum absolute atomic E-state index is 0.149. The third kappa shape index (κ3) is 3.72. The topological polar surface area (TPSA) is 41.9 Å². The third-order valence-corrected chi connectivity index (χ3v) is 3.95. The molecule has 0 bridgehead atoms. The summed E-state index contributed by atoms with van der Waals surface area (Å²) in [6, 6.07) is 18.3. The van der Waals surface area contributed by atoms with E-state index >= 15 is 0 Å². The summed E-state index contributed by atoms with van der Waals surface area (Å²) in [5.41, 5.74) is 2.24. The molecular formula is C19H20N4. The number of anilines is 1. The van der Waals surface area contributed by atoms with E-state index in [0.29, 0.717) is 0 Å². The first kappa shape index (κ1) is 15.2. The molecule has 0 aliphatic rings. The molecule has 0 radical (unpaired) electrons. The molecule has 3 aromatic rings. The molecule has 1 aromatic carbocycles. The third-order valence-electron chi connectivity index (χ3n) is 3.95. The SMILES string of the molecule is CC(c1ccccn1)N(C)c1ccnc(Cc2ccccc2)n1. The minimum atomic E-state index is 0.149. The van der Waals surface area contributed by atoms with E-state index in [-0.39, 0.29) is 6.04 Å². The molecule has 23 heavy (non-hydrogen) atoms. The number of hydrogen-bond acceptors (Lipinski definition) is 4. The highest BCUT2D eigenvalue weighted by molar-refractivity contribution is 5.39. The second-order valence-corrected chi connectivity index (χ2v) is 5.53. The van der Waals surface area contributed by atoms with Crippen LogP contribution in [0.1, 0.15) is 30.0 Å². The van der Waals surface area contributed by atoms with Gasteiger partial charge in [-0.05, 0) is 30.7 Å². The molecule has 1 atom stereocenters. The Labute approximate surface area is 136 Å². The van der Waals surface area contributed by atoms with E-state index in [2.05, 4.69) is 33.9 Å². The quantitative estimate of drug-likeness (QED) is 0.721. The van der Waals surface area contributed by atoms with E-state index in [0.717, 1.165) is 23.8 Å². The molecule has 0 spiro atoms. The van der Waals surface area contributed by atoms with Crippen LogP contribution in [0.3, 0.4) is 0 Å². The van der Waals surface area contributed by atoms with Gasteiger partial charge in [0.05, 0.1) is 11.7 Å². The summed E-state index contributed by atoms with van der Waals surface area (Å²) in [7, 11) is 2.04. The predicted octanol–water partition coefficient (Wildman–Crippen LogP) is 3.66. The molecule has 4 heteroatoms. The van der Waals surface area contributed by atoms with Gasteiger partial charge in [-0.2, -0.15) is 0 Å². The largest absolute Gasteiger partial charge is 0.351 e. The summed E-state index contributed by atoms with van der Waals surface area (Å²) in [5, 5.41) is 0. The Bertz CT molecular complexity index is 744. The van der Waals surface area contributed by atoms with Crippen LogP contribution in [0.25, 0.3) is 0 Å². The number of hydrogen-bond donors (Lipinski definition) is 0. The van der Waals surface area contributed by atoms with Gasteiger partial charge in [0.2, 0.25) is 0 Å². The minimum Gasteiger partial charge on any atom is -0.351 e. The first-order valence-corrected chi connectivity index (χ1v) is 7.73. The zero-order valence-corrected chi connectivity index (χ0v) is 13.4. The zero-order chi connectivity index (χ0) is 16.1. The average molecular weight is 304 g/mol. The van der Waals surface area contributed by atoms with Crippen LogP contribution in [-0.4, -0.2) is 22.0 Å². The molecule has 0 N–H and O–H groups in total. The Kier molecular flexibility index (Phi) is 4.62. The molecule has 0 aliphatic heterocycles. The molecule has 2 heterocycles. The summed E-state index contributed by atoms with van der Waals surface area (Å²) < 4.78 is 0. The second-order valence-electron chi connectivity index (χ2n) is 5.53. The van der Waals surface area contributed by atoms with Crippen molar-refractivity contribution in [2.75, 3.05) is 11.9 Å². The van der Waals surface area contributed by atoms with Gasteiger partial charge in [-0.15, -0.1) is 0 Å². The van der Waals surface area contributed by atoms with E-state index in [1.165, 1.54) is 5.56 Å². The molecule has 3 rings (SSSR count). The Morgan fingerprint density at radius 1 is 0.913 bits per heavy atom. The van der Waals surface area contributed by atoms with E-state index in [1.54, 1.807) is 0 Å². The average Bonchev–Trinajstić information content (AvgIpc) is 2.62. The van der Waals surface area contributed by atoms with Crippen LogP contribution in [0.4, 0.5) is 5.82 Å². The van der Waals surface area contributed by atoms with E-state index in [1.807, 2.05) is 61.9 Å². The van der Waals surface area contributed by atoms with Crippen LogP contribution >= 0.6 is 0 Å². The maximum absolute atomic E-state index is 4.70. The molecule has 2 aromatic heterocycles. The van der Waals surface area contributed by atoms with E-state index in [9.17, 15) is 0 Å². The highest BCUT2D eigenvalue weighted by atomic mass is 15.2. The van der Waals surface area contributed by atoms with Crippen molar-refractivity contribution < 1.29 is 0 Å². The molecule has 116 valence electrons. The fourth-order valence-corrected chi connectivity index (χ4v) is 2.47. The summed E-state index contributed by atoms with van der Waals surface area (Å²) in [6.45, 7) is 2.13. The smallest absolute Gasteiger partial charge is 0.135 e. The Morgan fingerprint density at radius 3 is 2.43 bits per heavy atom. The zero-order valence-electron chi connectivity index (χ0n) is 13.4. The van der Waals surface area contributed by atoms with Crippen molar-refractivity contribution >= 4 is 5.82 Å². The first-order valence-electron chi connectivity index (χ1n) is 7.73. The molecule has 0 amide bonds. The van der Waals surface area contributed by atoms with Gasteiger partial charge in [-0.25, -0.2) is 9.97 Å². The fraction of sp³-hybridized carbons (Fsp3) is 0.211. The van der Waals surface area contributed by atoms with Crippen molar-refractivity contribution in [2.45, 2.75) is 19.4 Å². The van der Waals surface area contributed by atoms with Crippen molar-refractivity contribution in [3.63, 3.8) is 0 Å². The van der Waals surface area contributed by atoms with Gasteiger partial charge in [-0.3, -0.25) is 4.98 Å². The highest BCUT2D eigenvalue weighted by Crippen LogP contribution is 2.22. The monoisotopic (exact) mass is 304 g/mol. The molecule has 0 fully saturated rings. The summed E-state index contributed by atoms with van der Waals surface area (Å²) in [6.07, 6.45) is 4.38. The van der Waals surface area contributed by atoms with E-state index in [4.69, 9.17) is 4.98 Å². The van der Waals surface area contributed by atoms with Gasteiger partial charge in [-0.1, -0.05) is 36.4 Å². The van der Waals surface area contributed by atoms with Crippen molar-refractivity contribution in [1.82, 2.24) is 15.0 Å². The number of aromatic nitrogens is 3. The highest BCUT2D eigenvalue weighted by Gasteiger charge is 2.15. The van der Waals surface area contributed by atoms with Gasteiger partial charge in [0.15, 0.2) is 0 Å². The van der Waals surface area contributed by atoms with Gasteiger partial charge < -0.3 is 4.90 Å². The number of rotatable bonds is 5. The number of nitrogens with zero attached hydrogens (tertiary/aromatic N) is 4.